The van der Waals surface area contributed by atoms with Crippen LogP contribution in [0.2, 0.25) is 0 Å². The first-order chi connectivity index (χ1) is 52.3. The van der Waals surface area contributed by atoms with Crippen LogP contribution in [0, 0.1) is 56.0 Å². The molecule has 107 heavy (non-hydrogen) atoms. The Morgan fingerprint density at radius 3 is 1.24 bits per heavy atom. The van der Waals surface area contributed by atoms with Crippen LogP contribution in [0.4, 0.5) is 4.39 Å². The van der Waals surface area contributed by atoms with E-state index in [1.165, 1.54) is 18.3 Å². The number of aryl methyl sites for hydroxylation is 4. The summed E-state index contributed by atoms with van der Waals surface area (Å²) in [6, 6.07) is 99.1. The molecule has 7 aromatic carbocycles. The summed E-state index contributed by atoms with van der Waals surface area (Å²) in [5, 5.41) is 6.38. The van der Waals surface area contributed by atoms with E-state index in [1.807, 2.05) is 261 Å². The molecule has 0 aliphatic heterocycles. The zero-order chi connectivity index (χ0) is 73.5. The molecule has 0 aliphatic rings. The first kappa shape index (κ1) is 72.1. The Labute approximate surface area is 663 Å². The minimum Gasteiger partial charge on any atom is -0.495 e. The summed E-state index contributed by atoms with van der Waals surface area (Å²) in [4.78, 5) is 30.3. The number of benzene rings is 7. The van der Waals surface area contributed by atoms with E-state index in [0.717, 1.165) is 145 Å². The summed E-state index contributed by atoms with van der Waals surface area (Å²) in [6.45, 7) is -0.135. The number of pyridine rings is 9. The maximum absolute atomic E-state index is 13.2. The van der Waals surface area contributed by atoms with E-state index in [-0.39, 0.29) is 71.7 Å². The van der Waals surface area contributed by atoms with E-state index in [4.69, 9.17) is 17.4 Å². The summed E-state index contributed by atoms with van der Waals surface area (Å²) in [5.74, 6) is -0.249. The van der Waals surface area contributed by atoms with Crippen molar-refractivity contribution in [3.05, 3.63) is 370 Å². The van der Waals surface area contributed by atoms with Crippen molar-refractivity contribution < 1.29 is 91.2 Å². The number of rotatable bonds is 7. The normalized spacial score (nSPS) is 11.0. The van der Waals surface area contributed by atoms with Gasteiger partial charge < -0.3 is 43.2 Å². The van der Waals surface area contributed by atoms with Gasteiger partial charge in [-0.05, 0) is 119 Å². The van der Waals surface area contributed by atoms with Crippen LogP contribution in [-0.4, -0.2) is 34.9 Å². The summed E-state index contributed by atoms with van der Waals surface area (Å²) in [6.07, 6.45) is 18.2. The quantitative estimate of drug-likeness (QED) is 0.112. The van der Waals surface area contributed by atoms with Crippen molar-refractivity contribution in [2.24, 2.45) is 14.1 Å². The van der Waals surface area contributed by atoms with Crippen LogP contribution in [0.3, 0.4) is 0 Å². The van der Waals surface area contributed by atoms with Crippen LogP contribution in [0.1, 0.15) is 15.4 Å². The van der Waals surface area contributed by atoms with Crippen LogP contribution in [0.5, 0.6) is 0 Å². The molecular formula is C91H64FIr3N9O3-4. The molecule has 0 N–H and O–H groups in total. The Balaban J connectivity index is 0.000000133. The summed E-state index contributed by atoms with van der Waals surface area (Å²) >= 11 is 0. The number of nitrogens with zero attached hydrogens (tertiary/aromatic N) is 9. The summed E-state index contributed by atoms with van der Waals surface area (Å²) < 4.78 is 57.0. The van der Waals surface area contributed by atoms with Gasteiger partial charge >= 0.3 is 0 Å². The van der Waals surface area contributed by atoms with Crippen molar-refractivity contribution in [1.82, 2.24) is 34.9 Å². The van der Waals surface area contributed by atoms with Gasteiger partial charge in [-0.1, -0.05) is 112 Å². The molecule has 0 fully saturated rings. The van der Waals surface area contributed by atoms with Crippen LogP contribution < -0.4 is 9.13 Å². The monoisotopic (exact) mass is 1930 g/mol. The summed E-state index contributed by atoms with van der Waals surface area (Å²) in [7, 11) is 3.95. The largest absolute Gasteiger partial charge is 0.495 e. The first-order valence-electron chi connectivity index (χ1n) is 34.7. The Morgan fingerprint density at radius 2 is 0.804 bits per heavy atom. The van der Waals surface area contributed by atoms with Gasteiger partial charge in [-0.25, -0.2) is 18.5 Å². The SMILES string of the molecule is C[n+]1ccc2c(c1)oc1c(-c3cc(-c4ccc(F)cc4)ccn3)[c-]ccc12.C[n+]1ccc2c(c1)oc1c(-c3ccccn3)[c-]ccc12.Cc1ccc2c(n1)oc1c(-c3ccccn3)[c-]ccc12.[2H]C([2H])([2H])c1ccc(-c2[c-]cccc2)nc1.[Ir].[Ir].[Ir].[c-]1ccccc1-c1ccccn1.[c-]1ccccc1-c1ccccn1. The van der Waals surface area contributed by atoms with Gasteiger partial charge in [0.05, 0.1) is 16.7 Å². The maximum atomic E-state index is 13.2. The van der Waals surface area contributed by atoms with Crippen molar-refractivity contribution >= 4 is 65.9 Å². The van der Waals surface area contributed by atoms with Crippen molar-refractivity contribution in [2.75, 3.05) is 0 Å². The predicted molar refractivity (Wildman–Crippen MR) is 408 cm³/mol. The number of furan rings is 3. The minimum atomic E-state index is -2.09. The van der Waals surface area contributed by atoms with Gasteiger partial charge in [0, 0.05) is 136 Å². The Hall–Kier alpha value is -11.8. The molecular weight excluding hydrogens is 1860 g/mol. The van der Waals surface area contributed by atoms with Gasteiger partial charge in [0.2, 0.25) is 18.1 Å². The molecule has 3 radical (unpaired) electrons. The molecule has 0 atom stereocenters. The molecule has 19 aromatic rings. The van der Waals surface area contributed by atoms with E-state index < -0.39 is 6.85 Å². The van der Waals surface area contributed by atoms with Gasteiger partial charge in [-0.3, -0.25) is 0 Å². The maximum Gasteiger partial charge on any atom is 0.216 e. The third-order valence-electron chi connectivity index (χ3n) is 16.6. The zero-order valence-electron chi connectivity index (χ0n) is 60.6. The molecule has 0 amide bonds. The van der Waals surface area contributed by atoms with E-state index >= 15 is 0 Å². The summed E-state index contributed by atoms with van der Waals surface area (Å²) in [5.41, 5.74) is 18.6. The van der Waals surface area contributed by atoms with E-state index in [9.17, 15) is 4.39 Å². The van der Waals surface area contributed by atoms with E-state index in [1.54, 1.807) is 61.3 Å². The van der Waals surface area contributed by atoms with Crippen molar-refractivity contribution in [2.45, 2.75) is 13.8 Å². The van der Waals surface area contributed by atoms with Crippen LogP contribution in [0.15, 0.2) is 330 Å². The molecule has 529 valence electrons. The van der Waals surface area contributed by atoms with Crippen LogP contribution in [0.25, 0.3) is 145 Å². The molecule has 16 heteroatoms. The number of hydrogen-bond acceptors (Lipinski definition) is 10. The average molecular weight is 1930 g/mol. The van der Waals surface area contributed by atoms with Gasteiger partial charge in [-0.15, -0.1) is 162 Å². The molecule has 0 saturated carbocycles. The van der Waals surface area contributed by atoms with Gasteiger partial charge in [0.25, 0.3) is 0 Å². The van der Waals surface area contributed by atoms with Crippen LogP contribution in [-0.2, 0) is 74.4 Å². The molecule has 12 aromatic heterocycles. The third kappa shape index (κ3) is 18.6. The predicted octanol–water partition coefficient (Wildman–Crippen LogP) is 20.5. The molecule has 12 nitrogen and oxygen atoms in total. The molecule has 0 saturated heterocycles. The van der Waals surface area contributed by atoms with Gasteiger partial charge in [-0.2, -0.15) is 0 Å². The Morgan fingerprint density at radius 1 is 0.364 bits per heavy atom. The Kier molecular flexibility index (Phi) is 24.8. The molecule has 0 aliphatic carbocycles. The first-order valence-corrected chi connectivity index (χ1v) is 33.2. The number of fused-ring (bicyclic) bond motifs is 9. The number of aromatic nitrogens is 9. The second-order valence-electron chi connectivity index (χ2n) is 23.7. The minimum absolute atomic E-state index is 0. The zero-order valence-corrected chi connectivity index (χ0v) is 64.8. The van der Waals surface area contributed by atoms with E-state index in [0.29, 0.717) is 5.71 Å². The fraction of sp³-hybridized carbons (Fsp3) is 0.0440. The number of hydrogen-bond donors (Lipinski definition) is 0. The number of halogens is 1. The van der Waals surface area contributed by atoms with Crippen LogP contribution >= 0.6 is 0 Å². The standard InChI is InChI=1S/C23H15FN2O.C17H11N2O.C17H12N2O.C12H10N.2C11H8N.3Ir/c1-26-12-10-18-19-3-2-4-20(23(19)27-22(18)14-26)21-13-16(9-11-25-21)15-5-7-17(24)8-6-15;1-11-8-9-13-12-5-4-6-14(15-7-2-3-10-18-15)16(12)20-17(13)19-11;1-19-10-8-12-13-5-4-6-14(15-7-2-3-9-18-15)17(13)20-16(12)11-19;1-10-7-8-12(13-9-10)11-5-3-2-4-6-11;2*1-2-6-10(7-3-1)11-8-4-5-9-12-11;;;/h2-3,5-14H,1H3;2-5,7-10H,1H3;2-5,7-11H,1H3;2-5,7-9H,1H3;2*1-6,8-9H;;;/q;-1;;3*-1;;;/i;;;1D3;;;;;. The molecule has 0 unspecified atom stereocenters. The fourth-order valence-corrected chi connectivity index (χ4v) is 11.5. The molecule has 19 rings (SSSR count). The van der Waals surface area contributed by atoms with Crippen molar-refractivity contribution in [3.8, 4) is 78.7 Å². The topological polar surface area (TPSA) is 137 Å². The smallest absolute Gasteiger partial charge is 0.216 e. The second kappa shape index (κ2) is 36.7. The Bertz CT molecular complexity index is 5860. The van der Waals surface area contributed by atoms with Gasteiger partial charge in [0.15, 0.2) is 23.6 Å². The average Bonchev–Trinajstić information content (AvgIpc) is 1.62. The second-order valence-corrected chi connectivity index (χ2v) is 23.7. The van der Waals surface area contributed by atoms with Gasteiger partial charge in [0.1, 0.15) is 19.9 Å². The third-order valence-corrected chi connectivity index (χ3v) is 16.6. The molecule has 0 bridgehead atoms. The van der Waals surface area contributed by atoms with E-state index in [2.05, 4.69) is 77.4 Å². The molecule has 12 heterocycles. The molecule has 0 spiro atoms. The fourth-order valence-electron chi connectivity index (χ4n) is 11.5. The van der Waals surface area contributed by atoms with Crippen molar-refractivity contribution in [1.29, 1.82) is 0 Å². The van der Waals surface area contributed by atoms with Crippen molar-refractivity contribution in [3.63, 3.8) is 0 Å².